The van der Waals surface area contributed by atoms with Crippen LogP contribution in [0, 0.1) is 11.6 Å². The van der Waals surface area contributed by atoms with Crippen molar-refractivity contribution in [3.63, 3.8) is 0 Å². The van der Waals surface area contributed by atoms with Crippen molar-refractivity contribution in [2.75, 3.05) is 6.61 Å². The summed E-state index contributed by atoms with van der Waals surface area (Å²) in [6.07, 6.45) is 0.953. The Morgan fingerprint density at radius 2 is 1.68 bits per heavy atom. The van der Waals surface area contributed by atoms with Crippen LogP contribution in [0.4, 0.5) is 8.78 Å². The van der Waals surface area contributed by atoms with Gasteiger partial charge in [-0.05, 0) is 53.1 Å². The normalized spacial score (nSPS) is 10.7. The molecule has 3 aromatic carbocycles. The molecule has 3 rings (SSSR count). The van der Waals surface area contributed by atoms with E-state index in [1.54, 1.807) is 24.3 Å². The second kappa shape index (κ2) is 8.59. The minimum absolute atomic E-state index is 0.0652. The topological polar surface area (TPSA) is 46.5 Å². The molecule has 28 heavy (non-hydrogen) atoms. The molecule has 0 atom stereocenters. The number of aldehydes is 1. The Kier molecular flexibility index (Phi) is 6.17. The van der Waals surface area contributed by atoms with Gasteiger partial charge in [-0.15, -0.1) is 0 Å². The number of carbonyl (C=O) groups excluding carboxylic acids is 1. The summed E-state index contributed by atoms with van der Waals surface area (Å²) >= 11 is 12.6. The molecule has 0 unspecified atom stereocenters. The lowest BCUT2D eigenvalue weighted by molar-refractivity contribution is -0.109. The monoisotopic (exact) mass is 422 g/mol. The van der Waals surface area contributed by atoms with E-state index in [0.29, 0.717) is 45.2 Å². The van der Waals surface area contributed by atoms with E-state index in [1.807, 2.05) is 0 Å². The predicted molar refractivity (Wildman–Crippen MR) is 104 cm³/mol. The highest BCUT2D eigenvalue weighted by atomic mass is 35.5. The number of ether oxygens (including phenoxy) is 1. The molecule has 1 N–H and O–H groups in total. The fraction of sp³-hybridized carbons (Fsp3) is 0.0952. The molecule has 0 aromatic heterocycles. The third kappa shape index (κ3) is 4.43. The molecule has 3 aromatic rings. The molecule has 7 heteroatoms. The highest BCUT2D eigenvalue weighted by molar-refractivity contribution is 6.36. The smallest absolute Gasteiger partial charge is 0.159 e. The molecule has 144 valence electrons. The molecule has 0 heterocycles. The van der Waals surface area contributed by atoms with Crippen molar-refractivity contribution in [1.29, 1.82) is 0 Å². The molecule has 0 spiro atoms. The van der Waals surface area contributed by atoms with Crippen molar-refractivity contribution in [1.82, 2.24) is 0 Å². The first kappa shape index (κ1) is 20.1. The van der Waals surface area contributed by atoms with Crippen LogP contribution in [-0.2, 0) is 11.2 Å². The van der Waals surface area contributed by atoms with E-state index in [1.165, 1.54) is 12.1 Å². The van der Waals surface area contributed by atoms with Crippen LogP contribution < -0.4 is 4.74 Å². The molecule has 0 bridgehead atoms. The number of carbonyl (C=O) groups is 1. The minimum atomic E-state index is -1.00. The standard InChI is InChI=1S/C21H14Cl2F2O3/c22-17-10-14(28-6-5-26)11-18(23)16(17)8-12-1-4-21(27)15(7-12)13-2-3-19(24)20(25)9-13/h1-5,7,9-11,27H,6,8H2. The Hall–Kier alpha value is -2.63. The molecule has 0 fully saturated rings. The van der Waals surface area contributed by atoms with Gasteiger partial charge in [0.2, 0.25) is 0 Å². The van der Waals surface area contributed by atoms with Gasteiger partial charge >= 0.3 is 0 Å². The van der Waals surface area contributed by atoms with Gasteiger partial charge in [0.15, 0.2) is 17.9 Å². The molecule has 0 radical (unpaired) electrons. The Morgan fingerprint density at radius 3 is 2.32 bits per heavy atom. The molecule has 0 aliphatic heterocycles. The summed E-state index contributed by atoms with van der Waals surface area (Å²) in [5.74, 6) is -1.65. The zero-order valence-electron chi connectivity index (χ0n) is 14.4. The fourth-order valence-electron chi connectivity index (χ4n) is 2.75. The van der Waals surface area contributed by atoms with E-state index in [2.05, 4.69) is 0 Å². The molecular weight excluding hydrogens is 409 g/mol. The summed E-state index contributed by atoms with van der Waals surface area (Å²) in [6, 6.07) is 11.3. The summed E-state index contributed by atoms with van der Waals surface area (Å²) < 4.78 is 31.9. The summed E-state index contributed by atoms with van der Waals surface area (Å²) in [4.78, 5) is 10.4. The van der Waals surface area contributed by atoms with Gasteiger partial charge < -0.3 is 9.84 Å². The Balaban J connectivity index is 1.93. The number of rotatable bonds is 6. The van der Waals surface area contributed by atoms with Crippen LogP contribution in [0.3, 0.4) is 0 Å². The molecule has 0 saturated heterocycles. The average molecular weight is 423 g/mol. The molecule has 0 amide bonds. The quantitative estimate of drug-likeness (QED) is 0.509. The van der Waals surface area contributed by atoms with Crippen molar-refractivity contribution in [3.05, 3.63) is 81.3 Å². The van der Waals surface area contributed by atoms with Crippen molar-refractivity contribution in [2.45, 2.75) is 6.42 Å². The van der Waals surface area contributed by atoms with E-state index < -0.39 is 11.6 Å². The van der Waals surface area contributed by atoms with Crippen LogP contribution in [0.2, 0.25) is 10.0 Å². The van der Waals surface area contributed by atoms with E-state index in [4.69, 9.17) is 27.9 Å². The number of halogens is 4. The van der Waals surface area contributed by atoms with Crippen LogP contribution >= 0.6 is 23.2 Å². The SMILES string of the molecule is O=CCOc1cc(Cl)c(Cc2ccc(O)c(-c3ccc(F)c(F)c3)c2)c(Cl)c1. The third-order valence-corrected chi connectivity index (χ3v) is 4.78. The van der Waals surface area contributed by atoms with Crippen LogP contribution in [0.25, 0.3) is 11.1 Å². The highest BCUT2D eigenvalue weighted by Gasteiger charge is 2.13. The van der Waals surface area contributed by atoms with Crippen molar-refractivity contribution in [2.24, 2.45) is 0 Å². The number of benzene rings is 3. The summed E-state index contributed by atoms with van der Waals surface area (Å²) in [6.45, 7) is -0.110. The number of aromatic hydroxyl groups is 1. The number of phenolic OH excluding ortho intramolecular Hbond substituents is 1. The van der Waals surface area contributed by atoms with Crippen LogP contribution in [0.15, 0.2) is 48.5 Å². The molecule has 0 saturated carbocycles. The predicted octanol–water partition coefficient (Wildman–Crippen LogP) is 5.81. The van der Waals surface area contributed by atoms with Crippen LogP contribution in [0.5, 0.6) is 11.5 Å². The van der Waals surface area contributed by atoms with E-state index in [9.17, 15) is 18.7 Å². The van der Waals surface area contributed by atoms with E-state index >= 15 is 0 Å². The largest absolute Gasteiger partial charge is 0.507 e. The van der Waals surface area contributed by atoms with E-state index in [0.717, 1.165) is 17.7 Å². The maximum Gasteiger partial charge on any atom is 0.159 e. The maximum absolute atomic E-state index is 13.6. The lowest BCUT2D eigenvalue weighted by atomic mass is 9.98. The molecule has 3 nitrogen and oxygen atoms in total. The fourth-order valence-corrected chi connectivity index (χ4v) is 3.36. The Morgan fingerprint density at radius 1 is 0.964 bits per heavy atom. The van der Waals surface area contributed by atoms with Crippen LogP contribution in [-0.4, -0.2) is 18.0 Å². The lowest BCUT2D eigenvalue weighted by Crippen LogP contribution is -1.99. The van der Waals surface area contributed by atoms with Gasteiger partial charge in [-0.1, -0.05) is 35.3 Å². The first-order valence-electron chi connectivity index (χ1n) is 8.20. The summed E-state index contributed by atoms with van der Waals surface area (Å²) in [7, 11) is 0. The molecule has 0 aliphatic carbocycles. The second-order valence-electron chi connectivity index (χ2n) is 6.00. The van der Waals surface area contributed by atoms with Crippen molar-refractivity contribution < 1.29 is 23.4 Å². The lowest BCUT2D eigenvalue weighted by Gasteiger charge is -2.12. The number of hydrogen-bond donors (Lipinski definition) is 1. The van der Waals surface area contributed by atoms with Gasteiger partial charge in [0, 0.05) is 22.0 Å². The van der Waals surface area contributed by atoms with E-state index in [-0.39, 0.29) is 12.4 Å². The molecule has 0 aliphatic rings. The van der Waals surface area contributed by atoms with Crippen LogP contribution in [0.1, 0.15) is 11.1 Å². The van der Waals surface area contributed by atoms with Gasteiger partial charge in [-0.3, -0.25) is 4.79 Å². The van der Waals surface area contributed by atoms with Gasteiger partial charge in [0.1, 0.15) is 18.1 Å². The minimum Gasteiger partial charge on any atom is -0.507 e. The zero-order valence-corrected chi connectivity index (χ0v) is 15.9. The van der Waals surface area contributed by atoms with Crippen molar-refractivity contribution in [3.8, 4) is 22.6 Å². The van der Waals surface area contributed by atoms with Crippen molar-refractivity contribution >= 4 is 29.5 Å². The average Bonchev–Trinajstić information content (AvgIpc) is 2.66. The molecular formula is C21H14Cl2F2O3. The van der Waals surface area contributed by atoms with Gasteiger partial charge in [0.05, 0.1) is 0 Å². The third-order valence-electron chi connectivity index (χ3n) is 4.11. The first-order chi connectivity index (χ1) is 13.4. The number of hydrogen-bond acceptors (Lipinski definition) is 3. The summed E-state index contributed by atoms with van der Waals surface area (Å²) in [5, 5.41) is 10.8. The first-order valence-corrected chi connectivity index (χ1v) is 8.96. The van der Waals surface area contributed by atoms with Gasteiger partial charge in [-0.25, -0.2) is 8.78 Å². The zero-order chi connectivity index (χ0) is 20.3. The van der Waals surface area contributed by atoms with Gasteiger partial charge in [0.25, 0.3) is 0 Å². The maximum atomic E-state index is 13.6. The highest BCUT2D eigenvalue weighted by Crippen LogP contribution is 2.35. The number of phenols is 1. The Labute approximate surface area is 170 Å². The van der Waals surface area contributed by atoms with Gasteiger partial charge in [-0.2, -0.15) is 0 Å². The Bertz CT molecular complexity index is 1020. The summed E-state index contributed by atoms with van der Waals surface area (Å²) in [5.41, 5.74) is 2.08. The second-order valence-corrected chi connectivity index (χ2v) is 6.81.